The highest BCUT2D eigenvalue weighted by molar-refractivity contribution is 6.02. The van der Waals surface area contributed by atoms with Gasteiger partial charge in [0, 0.05) is 56.1 Å². The van der Waals surface area contributed by atoms with Crippen molar-refractivity contribution in [2.24, 2.45) is 23.3 Å². The number of H-pyrrole nitrogens is 1. The standard InChI is InChI=1S/C81H112N18O27/c1-38(2)28-52(73(118)85-41(6)70(115)98-60(37-100)67(83)112)91-68(113)40(5)86-74(119)54(30-45-18-12-10-13-19-45)94-76(121)56(32-47-36-84-49-23-17-16-22-48(47)49)96-72(117)50(24-26-61(82)103)89-71(116)51(25-27-62(104)105)90-75(120)53(29-39(3)4)93-79(124)59(35-65(110)111)97-78(123)58(34-64(108)109)92-69(114)42(7)87-81(126)66(43(8)101)99-80(125)55(31-46-20-14-11-15-21-46)95-77(122)57(33-63(106)107)88-44(9)102/h10-23,36,38-43,50-60,66,84,100-101H,24-35,37H2,1-9H3,(H2,82,103)(H2,83,112)(H,85,118)(H,86,119)(H,87,126)(H,88,102)(H,89,116)(H,90,120)(H,91,113)(H,92,114)(H,93,124)(H,94,121)(H,95,122)(H,96,117)(H,97,123)(H,98,115)(H,99,125)(H,104,105)(H,106,107)(H,108,109)(H,110,111)/t40-,41-,42-,43+,50-,51-,52-,53-,54-,55-,56-,57-,58-,59-,60-,66-/m0/s1. The van der Waals surface area contributed by atoms with Crippen LogP contribution in [0.4, 0.5) is 0 Å². The van der Waals surface area contributed by atoms with E-state index < -0.39 is 279 Å². The molecule has 45 nitrogen and oxygen atoms in total. The Labute approximate surface area is 722 Å². The van der Waals surface area contributed by atoms with Crippen LogP contribution in [0.1, 0.15) is 137 Å². The molecule has 0 fully saturated rings. The SMILES string of the molecule is CC(=O)N[C@@H](CC(=O)O)C(=O)N[C@@H](Cc1ccccc1)C(=O)N[C@H](C(=O)N[C@@H](C)C(=O)N[C@@H](CC(=O)O)C(=O)N[C@@H](CC(=O)O)C(=O)N[C@@H](CC(C)C)C(=O)N[C@@H](CCC(=O)O)C(=O)N[C@@H](CCC(N)=O)C(=O)N[C@@H](Cc1c[nH]c2ccccc12)C(=O)N[C@@H](Cc1ccccc1)C(=O)N[C@@H](C)C(=O)N[C@@H](CC(C)C)C(=O)N[C@@H](C)C(=O)N[C@@H](CO)C(N)=O)[C@@H](C)O. The van der Waals surface area contributed by atoms with E-state index in [-0.39, 0.29) is 38.0 Å². The largest absolute Gasteiger partial charge is 0.481 e. The lowest BCUT2D eigenvalue weighted by Crippen LogP contribution is -2.62. The number of nitrogens with two attached hydrogens (primary N) is 2. The second kappa shape index (κ2) is 51.2. The summed E-state index contributed by atoms with van der Waals surface area (Å²) < 4.78 is 0. The number of carboxylic acids is 4. The number of aliphatic hydroxyl groups is 2. The quantitative estimate of drug-likeness (QED) is 0.0196. The number of nitrogens with one attached hydrogen (secondary N) is 16. The molecule has 45 heteroatoms. The number of aliphatic hydroxyl groups excluding tert-OH is 2. The predicted octanol–water partition coefficient (Wildman–Crippen LogP) is -5.95. The molecule has 3 aromatic carbocycles. The van der Waals surface area contributed by atoms with Crippen LogP contribution in [-0.4, -0.2) is 263 Å². The van der Waals surface area contributed by atoms with Crippen LogP contribution < -0.4 is 91.2 Å². The number of rotatable bonds is 54. The van der Waals surface area contributed by atoms with Gasteiger partial charge in [0.2, 0.25) is 100 Å². The second-order valence-electron chi connectivity index (χ2n) is 30.8. The minimum Gasteiger partial charge on any atom is -0.481 e. The predicted molar refractivity (Wildman–Crippen MR) is 443 cm³/mol. The van der Waals surface area contributed by atoms with Crippen LogP contribution in [-0.2, 0) is 120 Å². The topological polar surface area (TPSA) is 728 Å². The first-order chi connectivity index (χ1) is 59.2. The summed E-state index contributed by atoms with van der Waals surface area (Å²) >= 11 is 0. The van der Waals surface area contributed by atoms with Crippen molar-refractivity contribution in [3.8, 4) is 0 Å². The second-order valence-corrected chi connectivity index (χ2v) is 30.8. The molecule has 0 saturated heterocycles. The Hall–Kier alpha value is -14.0. The minimum absolute atomic E-state index is 0.00333. The number of para-hydroxylation sites is 1. The van der Waals surface area contributed by atoms with Crippen LogP contribution in [0.3, 0.4) is 0 Å². The Morgan fingerprint density at radius 3 is 1.06 bits per heavy atom. The summed E-state index contributed by atoms with van der Waals surface area (Å²) in [4.78, 5) is 285. The average Bonchev–Trinajstić information content (AvgIpc) is 1.65. The van der Waals surface area contributed by atoms with Gasteiger partial charge in [0.1, 0.15) is 90.6 Å². The van der Waals surface area contributed by atoms with Crippen LogP contribution >= 0.6 is 0 Å². The molecule has 26 N–H and O–H groups in total. The molecule has 0 unspecified atom stereocenters. The molecule has 688 valence electrons. The number of aromatic amines is 1. The van der Waals surface area contributed by atoms with Gasteiger partial charge in [-0.05, 0) is 88.0 Å². The maximum atomic E-state index is 15.1. The molecule has 0 bridgehead atoms. The maximum Gasteiger partial charge on any atom is 0.305 e. The highest BCUT2D eigenvalue weighted by atomic mass is 16.4. The number of aliphatic carboxylic acids is 4. The number of hydrogen-bond donors (Lipinski definition) is 24. The van der Waals surface area contributed by atoms with Crippen LogP contribution in [0.5, 0.6) is 0 Å². The normalized spacial score (nSPS) is 14.9. The molecule has 1 heterocycles. The molecule has 16 atom stereocenters. The van der Waals surface area contributed by atoms with Crippen LogP contribution in [0.15, 0.2) is 91.1 Å². The van der Waals surface area contributed by atoms with Crippen LogP contribution in [0.2, 0.25) is 0 Å². The van der Waals surface area contributed by atoms with Crippen LogP contribution in [0, 0.1) is 11.8 Å². The molecule has 4 aromatic rings. The summed E-state index contributed by atoms with van der Waals surface area (Å²) in [5, 5.41) is 94.9. The lowest BCUT2D eigenvalue weighted by atomic mass is 10.0. The minimum atomic E-state index is -2.24. The smallest absolute Gasteiger partial charge is 0.305 e. The maximum absolute atomic E-state index is 15.1. The first-order valence-electron chi connectivity index (χ1n) is 40.1. The van der Waals surface area contributed by atoms with Gasteiger partial charge < -0.3 is 127 Å². The van der Waals surface area contributed by atoms with Gasteiger partial charge in [-0.3, -0.25) is 101 Å². The molecule has 4 rings (SSSR count). The summed E-state index contributed by atoms with van der Waals surface area (Å²) in [6.07, 6.45) is -8.06. The molecular formula is C81H112N18O27. The molecule has 0 aliphatic carbocycles. The Bertz CT molecular complexity index is 4550. The number of carboxylic acid groups (broad SMARTS) is 4. The van der Waals surface area contributed by atoms with E-state index in [0.29, 0.717) is 27.6 Å². The fourth-order valence-electron chi connectivity index (χ4n) is 12.5. The molecule has 17 amide bonds. The Morgan fingerprint density at radius 2 is 0.659 bits per heavy atom. The van der Waals surface area contributed by atoms with Crippen molar-refractivity contribution in [3.63, 3.8) is 0 Å². The van der Waals surface area contributed by atoms with Crippen molar-refractivity contribution >= 4 is 135 Å². The molecular weight excluding hydrogens is 1660 g/mol. The highest BCUT2D eigenvalue weighted by Gasteiger charge is 2.40. The van der Waals surface area contributed by atoms with Gasteiger partial charge >= 0.3 is 23.9 Å². The van der Waals surface area contributed by atoms with E-state index in [1.165, 1.54) is 33.9 Å². The van der Waals surface area contributed by atoms with Gasteiger partial charge in [-0.15, -0.1) is 0 Å². The third-order valence-electron chi connectivity index (χ3n) is 19.1. The van der Waals surface area contributed by atoms with E-state index in [0.717, 1.165) is 20.8 Å². The number of carbonyl (C=O) groups is 21. The Kier molecular flexibility index (Phi) is 42.4. The number of fused-ring (bicyclic) bond motifs is 1. The fourth-order valence-corrected chi connectivity index (χ4v) is 12.5. The van der Waals surface area contributed by atoms with Gasteiger partial charge in [-0.1, -0.05) is 107 Å². The summed E-state index contributed by atoms with van der Waals surface area (Å²) in [5.74, 6) is -26.7. The lowest BCUT2D eigenvalue weighted by molar-refractivity contribution is -0.143. The highest BCUT2D eigenvalue weighted by Crippen LogP contribution is 2.21. The zero-order valence-corrected chi connectivity index (χ0v) is 70.7. The van der Waals surface area contributed by atoms with E-state index in [9.17, 15) is 127 Å². The number of primary amides is 2. The molecule has 0 aliphatic heterocycles. The van der Waals surface area contributed by atoms with E-state index >= 15 is 4.79 Å². The van der Waals surface area contributed by atoms with Crippen LogP contribution in [0.25, 0.3) is 10.9 Å². The van der Waals surface area contributed by atoms with E-state index in [2.05, 4.69) is 79.4 Å². The third-order valence-corrected chi connectivity index (χ3v) is 19.1. The first-order valence-corrected chi connectivity index (χ1v) is 40.1. The average molecular weight is 1770 g/mol. The lowest BCUT2D eigenvalue weighted by Gasteiger charge is -2.28. The molecule has 0 radical (unpaired) electrons. The summed E-state index contributed by atoms with van der Waals surface area (Å²) in [5.41, 5.74) is 12.6. The number of carbonyl (C=O) groups excluding carboxylic acids is 17. The Morgan fingerprint density at radius 1 is 0.341 bits per heavy atom. The Balaban J connectivity index is 1.62. The number of amides is 17. The number of aromatic nitrogens is 1. The first kappa shape index (κ1) is 104. The van der Waals surface area contributed by atoms with Crippen molar-refractivity contribution in [3.05, 3.63) is 108 Å². The third kappa shape index (κ3) is 36.2. The number of hydrogen-bond acceptors (Lipinski definition) is 23. The van der Waals surface area contributed by atoms with Crippen molar-refractivity contribution < 1.29 is 131 Å². The van der Waals surface area contributed by atoms with E-state index in [1.54, 1.807) is 98.8 Å². The van der Waals surface area contributed by atoms with Gasteiger partial charge in [-0.2, -0.15) is 0 Å². The molecule has 1 aromatic heterocycles. The number of benzene rings is 3. The molecule has 126 heavy (non-hydrogen) atoms. The van der Waals surface area contributed by atoms with Crippen molar-refractivity contribution in [2.45, 2.75) is 236 Å². The summed E-state index contributed by atoms with van der Waals surface area (Å²) in [7, 11) is 0. The van der Waals surface area contributed by atoms with Crippen molar-refractivity contribution in [1.82, 2.24) is 84.7 Å². The fraction of sp³-hybridized carbons (Fsp3) is 0.494. The molecule has 0 saturated carbocycles. The molecule has 0 spiro atoms. The zero-order valence-electron chi connectivity index (χ0n) is 70.7. The summed E-state index contributed by atoms with van der Waals surface area (Å²) in [6, 6.07) is -3.32. The van der Waals surface area contributed by atoms with Gasteiger partial charge in [-0.25, -0.2) is 0 Å². The van der Waals surface area contributed by atoms with Gasteiger partial charge in [0.15, 0.2) is 0 Å². The molecule has 0 aliphatic rings. The van der Waals surface area contributed by atoms with Crippen molar-refractivity contribution in [2.75, 3.05) is 6.61 Å². The van der Waals surface area contributed by atoms with E-state index in [4.69, 9.17) is 11.5 Å². The van der Waals surface area contributed by atoms with Gasteiger partial charge in [0.25, 0.3) is 0 Å². The van der Waals surface area contributed by atoms with Crippen molar-refractivity contribution in [1.29, 1.82) is 0 Å². The summed E-state index contributed by atoms with van der Waals surface area (Å²) in [6.45, 7) is 11.3. The zero-order chi connectivity index (χ0) is 94.5. The van der Waals surface area contributed by atoms with Gasteiger partial charge in [0.05, 0.1) is 32.0 Å². The van der Waals surface area contributed by atoms with E-state index in [1.807, 2.05) is 5.32 Å². The monoisotopic (exact) mass is 1770 g/mol.